The number of hydrogen-bond acceptors (Lipinski definition) is 5. The summed E-state index contributed by atoms with van der Waals surface area (Å²) in [5.74, 6) is -0.941. The predicted molar refractivity (Wildman–Crippen MR) is 108 cm³/mol. The van der Waals surface area contributed by atoms with E-state index in [4.69, 9.17) is 4.74 Å². The van der Waals surface area contributed by atoms with Crippen LogP contribution in [0.15, 0.2) is 55.1 Å². The van der Waals surface area contributed by atoms with E-state index in [9.17, 15) is 9.59 Å². The first-order valence-electron chi connectivity index (χ1n) is 10.3. The van der Waals surface area contributed by atoms with Crippen molar-refractivity contribution in [3.8, 4) is 0 Å². The van der Waals surface area contributed by atoms with Gasteiger partial charge in [-0.3, -0.25) is 19.3 Å². The topological polar surface area (TPSA) is 80.6 Å². The van der Waals surface area contributed by atoms with Crippen LogP contribution < -0.4 is 0 Å². The Balaban J connectivity index is 1.27. The van der Waals surface area contributed by atoms with Crippen LogP contribution in [0.1, 0.15) is 12.0 Å². The number of nitrogens with zero attached hydrogens (tertiary/aromatic N) is 5. The summed E-state index contributed by atoms with van der Waals surface area (Å²) < 4.78 is 8.07. The number of carbonyl (C=O) groups excluding carboxylic acids is 2. The minimum absolute atomic E-state index is 0.00556. The van der Waals surface area contributed by atoms with Gasteiger partial charge in [-0.25, -0.2) is 0 Å². The smallest absolute Gasteiger partial charge is 0.230 e. The van der Waals surface area contributed by atoms with Crippen LogP contribution in [0.2, 0.25) is 0 Å². The molecule has 8 heteroatoms. The van der Waals surface area contributed by atoms with Crippen molar-refractivity contribution in [3.63, 3.8) is 0 Å². The molecule has 2 bridgehead atoms. The van der Waals surface area contributed by atoms with Crippen LogP contribution in [0.5, 0.6) is 0 Å². The van der Waals surface area contributed by atoms with E-state index in [1.165, 1.54) is 0 Å². The molecule has 0 aliphatic carbocycles. The van der Waals surface area contributed by atoms with Crippen molar-refractivity contribution in [1.29, 1.82) is 0 Å². The molecule has 5 rings (SSSR count). The Kier molecular flexibility index (Phi) is 4.66. The number of fused-ring (bicyclic) bond motifs is 1. The minimum Gasteiger partial charge on any atom is -0.360 e. The highest BCUT2D eigenvalue weighted by atomic mass is 16.5. The van der Waals surface area contributed by atoms with E-state index in [1.54, 1.807) is 35.4 Å². The standard InChI is InChI=1S/C22H25N5O3/c1-25(10-4-12-27-11-3-9-24-27)20(28)18-17-6-7-22(30-17)15-26(21(29)19(18)22)14-16-5-2-8-23-13-16/h2-3,5-9,11,13,17-19H,4,10,12,14-15H2,1H3/t17-,18+,19+,22-/m0/s1. The Hall–Kier alpha value is -3.00. The van der Waals surface area contributed by atoms with Gasteiger partial charge in [0.1, 0.15) is 5.60 Å². The van der Waals surface area contributed by atoms with Crippen LogP contribution in [0, 0.1) is 11.8 Å². The van der Waals surface area contributed by atoms with Gasteiger partial charge in [-0.15, -0.1) is 0 Å². The number of rotatable bonds is 7. The zero-order valence-corrected chi connectivity index (χ0v) is 16.9. The van der Waals surface area contributed by atoms with Gasteiger partial charge in [0.15, 0.2) is 0 Å². The number of aromatic nitrogens is 3. The molecule has 2 aromatic heterocycles. The molecule has 30 heavy (non-hydrogen) atoms. The highest BCUT2D eigenvalue weighted by molar-refractivity contribution is 5.93. The van der Waals surface area contributed by atoms with E-state index < -0.39 is 17.4 Å². The molecule has 2 saturated heterocycles. The zero-order valence-electron chi connectivity index (χ0n) is 16.9. The van der Waals surface area contributed by atoms with E-state index in [0.717, 1.165) is 18.5 Å². The van der Waals surface area contributed by atoms with Crippen LogP contribution in [-0.4, -0.2) is 68.2 Å². The van der Waals surface area contributed by atoms with E-state index >= 15 is 0 Å². The molecule has 0 unspecified atom stereocenters. The molecule has 4 atom stereocenters. The summed E-state index contributed by atoms with van der Waals surface area (Å²) in [6.45, 7) is 2.32. The largest absolute Gasteiger partial charge is 0.360 e. The number of pyridine rings is 1. The Labute approximate surface area is 175 Å². The van der Waals surface area contributed by atoms with E-state index in [1.807, 2.05) is 41.2 Å². The average Bonchev–Trinajstić information content (AvgIpc) is 3.51. The molecule has 156 valence electrons. The average molecular weight is 407 g/mol. The van der Waals surface area contributed by atoms with Crippen molar-refractivity contribution < 1.29 is 14.3 Å². The van der Waals surface area contributed by atoms with Crippen LogP contribution in [0.4, 0.5) is 0 Å². The van der Waals surface area contributed by atoms with Gasteiger partial charge in [0.05, 0.1) is 24.5 Å². The van der Waals surface area contributed by atoms with Gasteiger partial charge in [0, 0.05) is 51.5 Å². The second-order valence-electron chi connectivity index (χ2n) is 8.34. The van der Waals surface area contributed by atoms with Gasteiger partial charge in [-0.05, 0) is 24.1 Å². The maximum absolute atomic E-state index is 13.3. The van der Waals surface area contributed by atoms with E-state index in [2.05, 4.69) is 10.1 Å². The summed E-state index contributed by atoms with van der Waals surface area (Å²) in [6.07, 6.45) is 11.6. The fourth-order valence-electron chi connectivity index (χ4n) is 4.97. The van der Waals surface area contributed by atoms with Gasteiger partial charge < -0.3 is 14.5 Å². The number of aryl methyl sites for hydroxylation is 1. The van der Waals surface area contributed by atoms with Gasteiger partial charge in [-0.1, -0.05) is 18.2 Å². The molecule has 1 spiro atoms. The molecule has 0 saturated carbocycles. The molecule has 2 amide bonds. The summed E-state index contributed by atoms with van der Waals surface area (Å²) in [5, 5.41) is 4.19. The lowest BCUT2D eigenvalue weighted by Crippen LogP contribution is -2.45. The Bertz CT molecular complexity index is 960. The highest BCUT2D eigenvalue weighted by Crippen LogP contribution is 2.52. The van der Waals surface area contributed by atoms with Crippen molar-refractivity contribution in [1.82, 2.24) is 24.6 Å². The number of ether oxygens (including phenoxy) is 1. The van der Waals surface area contributed by atoms with Gasteiger partial charge >= 0.3 is 0 Å². The first-order valence-corrected chi connectivity index (χ1v) is 10.3. The lowest BCUT2D eigenvalue weighted by Gasteiger charge is -2.27. The lowest BCUT2D eigenvalue weighted by molar-refractivity contribution is -0.142. The Morgan fingerprint density at radius 1 is 1.37 bits per heavy atom. The molecule has 8 nitrogen and oxygen atoms in total. The number of hydrogen-bond donors (Lipinski definition) is 0. The summed E-state index contributed by atoms with van der Waals surface area (Å²) in [5.41, 5.74) is 0.291. The molecular weight excluding hydrogens is 382 g/mol. The summed E-state index contributed by atoms with van der Waals surface area (Å²) in [7, 11) is 1.81. The normalized spacial score (nSPS) is 28.9. The first kappa shape index (κ1) is 19.0. The molecule has 0 aromatic carbocycles. The van der Waals surface area contributed by atoms with E-state index in [0.29, 0.717) is 19.6 Å². The maximum atomic E-state index is 13.3. The molecule has 0 N–H and O–H groups in total. The fraction of sp³-hybridized carbons (Fsp3) is 0.455. The van der Waals surface area contributed by atoms with Crippen LogP contribution in [0.25, 0.3) is 0 Å². The third kappa shape index (κ3) is 3.11. The van der Waals surface area contributed by atoms with Gasteiger partial charge in [-0.2, -0.15) is 5.10 Å². The zero-order chi connectivity index (χ0) is 20.7. The first-order chi connectivity index (χ1) is 14.6. The highest BCUT2D eigenvalue weighted by Gasteiger charge is 2.67. The Morgan fingerprint density at radius 3 is 3.03 bits per heavy atom. The van der Waals surface area contributed by atoms with Crippen molar-refractivity contribution in [2.45, 2.75) is 31.2 Å². The molecule has 2 fully saturated rings. The molecule has 3 aliphatic heterocycles. The second-order valence-corrected chi connectivity index (χ2v) is 8.34. The summed E-state index contributed by atoms with van der Waals surface area (Å²) in [6, 6.07) is 5.70. The summed E-state index contributed by atoms with van der Waals surface area (Å²) in [4.78, 5) is 34.2. The van der Waals surface area contributed by atoms with Crippen LogP contribution >= 0.6 is 0 Å². The van der Waals surface area contributed by atoms with E-state index in [-0.39, 0.29) is 17.9 Å². The summed E-state index contributed by atoms with van der Waals surface area (Å²) >= 11 is 0. The fourth-order valence-corrected chi connectivity index (χ4v) is 4.97. The van der Waals surface area contributed by atoms with Gasteiger partial charge in [0.25, 0.3) is 0 Å². The lowest BCUT2D eigenvalue weighted by atomic mass is 9.76. The molecule has 5 heterocycles. The van der Waals surface area contributed by atoms with Crippen molar-refractivity contribution in [2.24, 2.45) is 11.8 Å². The van der Waals surface area contributed by atoms with Crippen molar-refractivity contribution in [2.75, 3.05) is 20.1 Å². The number of carbonyl (C=O) groups is 2. The Morgan fingerprint density at radius 2 is 2.27 bits per heavy atom. The SMILES string of the molecule is CN(CCCn1cccn1)C(=O)[C@@H]1[C@@H]2C=C[C@@]3(CN(Cc4cccnc4)C(=O)[C@@H]13)O2. The third-order valence-corrected chi connectivity index (χ3v) is 6.38. The van der Waals surface area contributed by atoms with Gasteiger partial charge in [0.2, 0.25) is 11.8 Å². The number of likely N-dealkylation sites (tertiary alicyclic amines) is 1. The molecular formula is C22H25N5O3. The molecule has 2 aromatic rings. The van der Waals surface area contributed by atoms with Crippen molar-refractivity contribution in [3.05, 3.63) is 60.7 Å². The molecule has 3 aliphatic rings. The van der Waals surface area contributed by atoms with Crippen LogP contribution in [-0.2, 0) is 27.4 Å². The maximum Gasteiger partial charge on any atom is 0.230 e. The molecule has 0 radical (unpaired) electrons. The monoisotopic (exact) mass is 407 g/mol. The second kappa shape index (κ2) is 7.36. The third-order valence-electron chi connectivity index (χ3n) is 6.38. The predicted octanol–water partition coefficient (Wildman–Crippen LogP) is 1.11. The number of amides is 2. The quantitative estimate of drug-likeness (QED) is 0.643. The minimum atomic E-state index is -0.680. The van der Waals surface area contributed by atoms with Crippen LogP contribution in [0.3, 0.4) is 0 Å². The van der Waals surface area contributed by atoms with Crippen molar-refractivity contribution >= 4 is 11.8 Å².